The normalized spacial score (nSPS) is 20.1. The molecule has 0 bridgehead atoms. The largest absolute Gasteiger partial charge is 0.355 e. The van der Waals surface area contributed by atoms with Gasteiger partial charge in [0.25, 0.3) is 5.91 Å². The van der Waals surface area contributed by atoms with E-state index in [0.717, 1.165) is 19.3 Å². The maximum absolute atomic E-state index is 11.8. The van der Waals surface area contributed by atoms with Crippen molar-refractivity contribution < 1.29 is 14.4 Å². The first kappa shape index (κ1) is 16.3. The number of aliphatic imine (C=N–C) groups is 1. The lowest BCUT2D eigenvalue weighted by molar-refractivity contribution is -0.132. The van der Waals surface area contributed by atoms with E-state index in [-0.39, 0.29) is 17.7 Å². The van der Waals surface area contributed by atoms with Crippen LogP contribution in [0.4, 0.5) is 0 Å². The predicted molar refractivity (Wildman–Crippen MR) is 76.1 cm³/mol. The summed E-state index contributed by atoms with van der Waals surface area (Å²) in [6.07, 6.45) is 3.33. The lowest BCUT2D eigenvalue weighted by Crippen LogP contribution is -2.44. The molecule has 0 radical (unpaired) electrons. The molecule has 2 atom stereocenters. The monoisotopic (exact) mass is 281 g/mol. The van der Waals surface area contributed by atoms with E-state index in [1.54, 1.807) is 0 Å². The van der Waals surface area contributed by atoms with Crippen LogP contribution in [0.25, 0.3) is 0 Å². The van der Waals surface area contributed by atoms with E-state index < -0.39 is 11.8 Å². The first-order valence-electron chi connectivity index (χ1n) is 7.15. The van der Waals surface area contributed by atoms with Crippen molar-refractivity contribution in [1.29, 1.82) is 0 Å². The highest BCUT2D eigenvalue weighted by Crippen LogP contribution is 2.08. The molecule has 0 saturated heterocycles. The molecule has 3 amide bonds. The zero-order chi connectivity index (χ0) is 15.1. The third-order valence-electron chi connectivity index (χ3n) is 3.38. The fourth-order valence-electron chi connectivity index (χ4n) is 1.86. The number of amides is 3. The summed E-state index contributed by atoms with van der Waals surface area (Å²) in [5, 5.41) is 5.37. The Bertz CT molecular complexity index is 418. The highest BCUT2D eigenvalue weighted by molar-refractivity contribution is 6.15. The molecule has 1 aliphatic heterocycles. The van der Waals surface area contributed by atoms with Crippen LogP contribution in [0.2, 0.25) is 0 Å². The average molecular weight is 281 g/mol. The molecule has 0 aliphatic carbocycles. The second-order valence-corrected chi connectivity index (χ2v) is 5.19. The molecule has 112 valence electrons. The van der Waals surface area contributed by atoms with Crippen molar-refractivity contribution in [1.82, 2.24) is 10.6 Å². The Morgan fingerprint density at radius 3 is 2.75 bits per heavy atom. The van der Waals surface area contributed by atoms with Gasteiger partial charge in [-0.15, -0.1) is 0 Å². The molecule has 0 saturated carbocycles. The van der Waals surface area contributed by atoms with Gasteiger partial charge in [-0.25, -0.2) is 0 Å². The number of carbonyl (C=O) groups excluding carboxylic acids is 3. The number of rotatable bonds is 7. The molecule has 0 spiro atoms. The summed E-state index contributed by atoms with van der Waals surface area (Å²) in [6.45, 7) is 5.88. The standard InChI is InChI=1S/C14H23N3O3/c1-4-5-6-9(2)12(18)15-8-7-11-16-13(19)10(3)14(20)17-11/h9-10H,4-8H2,1-3H3,(H,15,18)(H,16,17,19,20). The lowest BCUT2D eigenvalue weighted by atomic mass is 10.0. The lowest BCUT2D eigenvalue weighted by Gasteiger charge is -2.17. The van der Waals surface area contributed by atoms with Crippen molar-refractivity contribution in [3.63, 3.8) is 0 Å². The molecule has 20 heavy (non-hydrogen) atoms. The van der Waals surface area contributed by atoms with Crippen molar-refractivity contribution in [2.45, 2.75) is 46.5 Å². The second-order valence-electron chi connectivity index (χ2n) is 5.19. The molecule has 1 aliphatic rings. The van der Waals surface area contributed by atoms with Crippen molar-refractivity contribution >= 4 is 23.6 Å². The molecule has 1 heterocycles. The van der Waals surface area contributed by atoms with Gasteiger partial charge in [-0.05, 0) is 13.3 Å². The summed E-state index contributed by atoms with van der Waals surface area (Å²) in [6, 6.07) is 0. The molecule has 2 unspecified atom stereocenters. The minimum atomic E-state index is -0.720. The molecule has 0 aromatic heterocycles. The van der Waals surface area contributed by atoms with Crippen molar-refractivity contribution in [3.8, 4) is 0 Å². The Labute approximate surface area is 119 Å². The van der Waals surface area contributed by atoms with Gasteiger partial charge in [0.1, 0.15) is 11.8 Å². The van der Waals surface area contributed by atoms with E-state index in [2.05, 4.69) is 22.5 Å². The number of amidine groups is 1. The first-order valence-corrected chi connectivity index (χ1v) is 7.15. The van der Waals surface area contributed by atoms with Gasteiger partial charge >= 0.3 is 0 Å². The van der Waals surface area contributed by atoms with Crippen molar-refractivity contribution in [2.75, 3.05) is 6.54 Å². The number of nitrogens with one attached hydrogen (secondary N) is 2. The van der Waals surface area contributed by atoms with E-state index in [4.69, 9.17) is 0 Å². The van der Waals surface area contributed by atoms with E-state index in [1.165, 1.54) is 6.92 Å². The van der Waals surface area contributed by atoms with Crippen LogP contribution in [0.5, 0.6) is 0 Å². The van der Waals surface area contributed by atoms with Crippen LogP contribution in [-0.4, -0.2) is 30.1 Å². The van der Waals surface area contributed by atoms with Gasteiger partial charge < -0.3 is 10.6 Å². The van der Waals surface area contributed by atoms with Crippen LogP contribution in [0.15, 0.2) is 4.99 Å². The summed E-state index contributed by atoms with van der Waals surface area (Å²) in [5.41, 5.74) is 0. The van der Waals surface area contributed by atoms with Crippen LogP contribution in [0.3, 0.4) is 0 Å². The van der Waals surface area contributed by atoms with Gasteiger partial charge in [-0.1, -0.05) is 26.7 Å². The number of carbonyl (C=O) groups is 3. The van der Waals surface area contributed by atoms with Crippen LogP contribution in [-0.2, 0) is 14.4 Å². The Hall–Kier alpha value is -1.72. The highest BCUT2D eigenvalue weighted by Gasteiger charge is 2.27. The van der Waals surface area contributed by atoms with Gasteiger partial charge in [0.05, 0.1) is 0 Å². The van der Waals surface area contributed by atoms with Gasteiger partial charge in [-0.2, -0.15) is 4.99 Å². The number of hydrogen-bond acceptors (Lipinski definition) is 3. The molecule has 0 fully saturated rings. The Balaban J connectivity index is 2.34. The third kappa shape index (κ3) is 4.75. The number of hydrogen-bond donors (Lipinski definition) is 2. The Kier molecular flexibility index (Phi) is 6.35. The van der Waals surface area contributed by atoms with Gasteiger partial charge in [0, 0.05) is 18.9 Å². The minimum Gasteiger partial charge on any atom is -0.355 e. The first-order chi connectivity index (χ1) is 9.45. The zero-order valence-corrected chi connectivity index (χ0v) is 12.4. The smallest absolute Gasteiger partial charge is 0.259 e. The predicted octanol–water partition coefficient (Wildman–Crippen LogP) is 1.01. The van der Waals surface area contributed by atoms with E-state index >= 15 is 0 Å². The average Bonchev–Trinajstić information content (AvgIpc) is 2.41. The summed E-state index contributed by atoms with van der Waals surface area (Å²) < 4.78 is 0. The van der Waals surface area contributed by atoms with E-state index in [9.17, 15) is 14.4 Å². The van der Waals surface area contributed by atoms with Crippen LogP contribution in [0.1, 0.15) is 46.5 Å². The topological polar surface area (TPSA) is 87.6 Å². The summed E-state index contributed by atoms with van der Waals surface area (Å²) in [4.78, 5) is 38.4. The molecular weight excluding hydrogens is 258 g/mol. The summed E-state index contributed by atoms with van der Waals surface area (Å²) in [5.74, 6) is -1.16. The van der Waals surface area contributed by atoms with Crippen molar-refractivity contribution in [3.05, 3.63) is 0 Å². The van der Waals surface area contributed by atoms with Gasteiger partial charge in [0.2, 0.25) is 11.8 Å². The Morgan fingerprint density at radius 1 is 1.45 bits per heavy atom. The van der Waals surface area contributed by atoms with Gasteiger partial charge in [0.15, 0.2) is 0 Å². The molecule has 0 aromatic rings. The SMILES string of the molecule is CCCCC(C)C(=O)NCCC1=NC(=O)C(C)C(=O)N1. The number of unbranched alkanes of at least 4 members (excludes halogenated alkanes) is 1. The summed E-state index contributed by atoms with van der Waals surface area (Å²) >= 11 is 0. The molecular formula is C14H23N3O3. The highest BCUT2D eigenvalue weighted by atomic mass is 16.2. The maximum Gasteiger partial charge on any atom is 0.259 e. The van der Waals surface area contributed by atoms with E-state index in [1.807, 2.05) is 6.92 Å². The quantitative estimate of drug-likeness (QED) is 0.683. The fourth-order valence-corrected chi connectivity index (χ4v) is 1.86. The fraction of sp³-hybridized carbons (Fsp3) is 0.714. The minimum absolute atomic E-state index is 0.000815. The van der Waals surface area contributed by atoms with Crippen LogP contribution >= 0.6 is 0 Å². The van der Waals surface area contributed by atoms with Crippen LogP contribution < -0.4 is 10.6 Å². The van der Waals surface area contributed by atoms with E-state index in [0.29, 0.717) is 18.8 Å². The zero-order valence-electron chi connectivity index (χ0n) is 12.4. The van der Waals surface area contributed by atoms with Crippen LogP contribution in [0, 0.1) is 11.8 Å². The molecule has 6 heteroatoms. The molecule has 6 nitrogen and oxygen atoms in total. The molecule has 2 N–H and O–H groups in total. The van der Waals surface area contributed by atoms with Gasteiger partial charge in [-0.3, -0.25) is 14.4 Å². The molecule has 1 rings (SSSR count). The second kappa shape index (κ2) is 7.77. The van der Waals surface area contributed by atoms with Crippen molar-refractivity contribution in [2.24, 2.45) is 16.8 Å². The maximum atomic E-state index is 11.8. The Morgan fingerprint density at radius 2 is 2.15 bits per heavy atom. The third-order valence-corrected chi connectivity index (χ3v) is 3.38. The number of nitrogens with zero attached hydrogens (tertiary/aromatic N) is 1. The summed E-state index contributed by atoms with van der Waals surface area (Å²) in [7, 11) is 0. The molecule has 0 aromatic carbocycles.